The van der Waals surface area contributed by atoms with Crippen LogP contribution in [0.1, 0.15) is 329 Å². The Morgan fingerprint density at radius 2 is 0.506 bits per heavy atom. The van der Waals surface area contributed by atoms with Gasteiger partial charge in [0.1, 0.15) is 13.2 Å². The molecule has 0 aromatic carbocycles. The Balaban J connectivity index is 4.44. The van der Waals surface area contributed by atoms with E-state index in [4.69, 9.17) is 14.2 Å². The van der Waals surface area contributed by atoms with Gasteiger partial charge in [-0.15, -0.1) is 0 Å². The highest BCUT2D eigenvalue weighted by molar-refractivity contribution is 5.71. The summed E-state index contributed by atoms with van der Waals surface area (Å²) in [5, 5.41) is 0. The Bertz CT molecular complexity index is 1470. The number of carbonyl (C=O) groups excluding carboxylic acids is 3. The molecule has 0 aromatic rings. The first-order chi connectivity index (χ1) is 38.0. The average molecular weight is 1070 g/mol. The monoisotopic (exact) mass is 1070 g/mol. The average Bonchev–Trinajstić information content (AvgIpc) is 3.43. The number of hydrogen-bond acceptors (Lipinski definition) is 6. The highest BCUT2D eigenvalue weighted by atomic mass is 16.6. The smallest absolute Gasteiger partial charge is 0.306 e. The number of ether oxygens (including phenoxy) is 3. The lowest BCUT2D eigenvalue weighted by molar-refractivity contribution is -0.167. The molecule has 0 rings (SSSR count). The molecule has 0 aliphatic carbocycles. The highest BCUT2D eigenvalue weighted by Crippen LogP contribution is 2.17. The van der Waals surface area contributed by atoms with Crippen molar-refractivity contribution in [2.75, 3.05) is 13.2 Å². The molecule has 6 heteroatoms. The molecule has 0 spiro atoms. The summed E-state index contributed by atoms with van der Waals surface area (Å²) < 4.78 is 16.9. The number of esters is 3. The Kier molecular flexibility index (Phi) is 62.2. The van der Waals surface area contributed by atoms with Gasteiger partial charge < -0.3 is 14.2 Å². The van der Waals surface area contributed by atoms with Gasteiger partial charge in [0.2, 0.25) is 0 Å². The van der Waals surface area contributed by atoms with Crippen molar-refractivity contribution in [1.29, 1.82) is 0 Å². The zero-order valence-electron chi connectivity index (χ0n) is 51.0. The van der Waals surface area contributed by atoms with Crippen molar-refractivity contribution in [1.82, 2.24) is 0 Å². The van der Waals surface area contributed by atoms with Gasteiger partial charge in [0, 0.05) is 19.3 Å². The topological polar surface area (TPSA) is 78.9 Å². The molecule has 0 bridgehead atoms. The fraction of sp³-hybridized carbons (Fsp3) is 0.761. The van der Waals surface area contributed by atoms with Gasteiger partial charge in [0.05, 0.1) is 0 Å². The molecule has 444 valence electrons. The van der Waals surface area contributed by atoms with Gasteiger partial charge in [-0.3, -0.25) is 14.4 Å². The molecular weight excluding hydrogens is 949 g/mol. The van der Waals surface area contributed by atoms with E-state index in [1.165, 1.54) is 193 Å². The first kappa shape index (κ1) is 73.6. The molecule has 0 saturated heterocycles. The number of unbranched alkanes of at least 4 members (excludes halogenated alkanes) is 35. The van der Waals surface area contributed by atoms with Crippen molar-refractivity contribution in [2.45, 2.75) is 335 Å². The third-order valence-electron chi connectivity index (χ3n) is 14.4. The maximum absolute atomic E-state index is 12.9. The molecule has 1 unspecified atom stereocenters. The minimum absolute atomic E-state index is 0.0899. The molecule has 0 aliphatic heterocycles. The van der Waals surface area contributed by atoms with Crippen molar-refractivity contribution in [3.8, 4) is 0 Å². The molecular formula is C71H124O6. The summed E-state index contributed by atoms with van der Waals surface area (Å²) in [5.41, 5.74) is 0. The van der Waals surface area contributed by atoms with Crippen LogP contribution >= 0.6 is 0 Å². The van der Waals surface area contributed by atoms with Crippen molar-refractivity contribution < 1.29 is 28.6 Å². The lowest BCUT2D eigenvalue weighted by atomic mass is 10.0. The van der Waals surface area contributed by atoms with Gasteiger partial charge in [0.25, 0.3) is 0 Å². The minimum Gasteiger partial charge on any atom is -0.462 e. The van der Waals surface area contributed by atoms with Crippen LogP contribution in [0, 0.1) is 0 Å². The van der Waals surface area contributed by atoms with E-state index in [-0.39, 0.29) is 37.5 Å². The van der Waals surface area contributed by atoms with Crippen LogP contribution in [0.25, 0.3) is 0 Å². The number of hydrogen-bond donors (Lipinski definition) is 0. The van der Waals surface area contributed by atoms with Crippen LogP contribution in [0.3, 0.4) is 0 Å². The van der Waals surface area contributed by atoms with Crippen LogP contribution in [0.4, 0.5) is 0 Å². The molecule has 0 heterocycles. The van der Waals surface area contributed by atoms with Gasteiger partial charge in [-0.1, -0.05) is 324 Å². The fourth-order valence-electron chi connectivity index (χ4n) is 9.49. The second-order valence-electron chi connectivity index (χ2n) is 22.0. The fourth-order valence-corrected chi connectivity index (χ4v) is 9.49. The SMILES string of the molecule is CC/C=C\C/C=C\C/C=C\C/C=C\C/C=C\C/C=C\C/C=C\CCCC(=O)OCC(COC(=O)CCCCCCCCCCCCCCCCCCC)OC(=O)CCCCCCCCCCCCCCCCCCCCC. The second kappa shape index (κ2) is 65.1. The van der Waals surface area contributed by atoms with Gasteiger partial charge in [-0.05, 0) is 70.6 Å². The molecule has 0 radical (unpaired) electrons. The van der Waals surface area contributed by atoms with Gasteiger partial charge >= 0.3 is 17.9 Å². The van der Waals surface area contributed by atoms with Crippen LogP contribution in [0.2, 0.25) is 0 Å². The Hall–Kier alpha value is -3.41. The van der Waals surface area contributed by atoms with E-state index in [0.29, 0.717) is 19.3 Å². The predicted octanol–water partition coefficient (Wildman–Crippen LogP) is 22.7. The van der Waals surface area contributed by atoms with Crippen molar-refractivity contribution in [3.63, 3.8) is 0 Å². The lowest BCUT2D eigenvalue weighted by Gasteiger charge is -2.18. The van der Waals surface area contributed by atoms with E-state index in [1.807, 2.05) is 0 Å². The standard InChI is InChI=1S/C71H124O6/c1-4-7-10-13-16-19-22-25-28-31-33-34-35-36-38-40-43-46-49-52-55-58-61-64-70(73)76-67-68(66-75-69(72)63-60-57-54-51-48-45-42-39-30-27-24-21-18-15-12-9-6-3)77-71(74)65-62-59-56-53-50-47-44-41-37-32-29-26-23-20-17-14-11-8-5-2/h7,10,16,19,25,28,33-34,36,38,43,46,52,55,68H,4-6,8-9,11-15,17-18,20-24,26-27,29-32,35,37,39-42,44-45,47-51,53-54,56-67H2,1-3H3/b10-7-,19-16-,28-25-,34-33-,38-36-,46-43-,55-52-. The van der Waals surface area contributed by atoms with Crippen LogP contribution in [0.5, 0.6) is 0 Å². The summed E-state index contributed by atoms with van der Waals surface area (Å²) in [6.45, 7) is 6.53. The highest BCUT2D eigenvalue weighted by Gasteiger charge is 2.19. The van der Waals surface area contributed by atoms with Crippen LogP contribution < -0.4 is 0 Å². The Morgan fingerprint density at radius 3 is 0.792 bits per heavy atom. The predicted molar refractivity (Wildman–Crippen MR) is 334 cm³/mol. The number of allylic oxidation sites excluding steroid dienone is 14. The van der Waals surface area contributed by atoms with Gasteiger partial charge in [-0.25, -0.2) is 0 Å². The quantitative estimate of drug-likeness (QED) is 0.0261. The van der Waals surface area contributed by atoms with Gasteiger partial charge in [-0.2, -0.15) is 0 Å². The molecule has 0 aliphatic rings. The largest absolute Gasteiger partial charge is 0.462 e. The normalized spacial score (nSPS) is 12.6. The zero-order valence-corrected chi connectivity index (χ0v) is 51.0. The van der Waals surface area contributed by atoms with Crippen LogP contribution in [-0.4, -0.2) is 37.2 Å². The van der Waals surface area contributed by atoms with E-state index in [2.05, 4.69) is 106 Å². The second-order valence-corrected chi connectivity index (χ2v) is 22.0. The summed E-state index contributed by atoms with van der Waals surface area (Å²) in [6.07, 6.45) is 86.0. The molecule has 77 heavy (non-hydrogen) atoms. The van der Waals surface area contributed by atoms with Gasteiger partial charge in [0.15, 0.2) is 6.10 Å². The first-order valence-corrected chi connectivity index (χ1v) is 33.1. The maximum Gasteiger partial charge on any atom is 0.306 e. The number of carbonyl (C=O) groups is 3. The Labute approximate surface area is 477 Å². The lowest BCUT2D eigenvalue weighted by Crippen LogP contribution is -2.30. The van der Waals surface area contributed by atoms with Crippen molar-refractivity contribution >= 4 is 17.9 Å². The van der Waals surface area contributed by atoms with Crippen molar-refractivity contribution in [3.05, 3.63) is 85.1 Å². The molecule has 1 atom stereocenters. The minimum atomic E-state index is -0.799. The summed E-state index contributed by atoms with van der Waals surface area (Å²) >= 11 is 0. The molecule has 0 N–H and O–H groups in total. The van der Waals surface area contributed by atoms with Crippen molar-refractivity contribution in [2.24, 2.45) is 0 Å². The summed E-state index contributed by atoms with van der Waals surface area (Å²) in [6, 6.07) is 0. The maximum atomic E-state index is 12.9. The van der Waals surface area contributed by atoms with Crippen LogP contribution in [0.15, 0.2) is 85.1 Å². The van der Waals surface area contributed by atoms with E-state index in [1.54, 1.807) is 0 Å². The zero-order chi connectivity index (χ0) is 55.7. The Morgan fingerprint density at radius 1 is 0.273 bits per heavy atom. The van der Waals surface area contributed by atoms with Crippen LogP contribution in [-0.2, 0) is 28.6 Å². The third-order valence-corrected chi connectivity index (χ3v) is 14.4. The molecule has 0 fully saturated rings. The van der Waals surface area contributed by atoms with E-state index in [9.17, 15) is 14.4 Å². The first-order valence-electron chi connectivity index (χ1n) is 33.1. The molecule has 0 saturated carbocycles. The van der Waals surface area contributed by atoms with E-state index < -0.39 is 6.10 Å². The summed E-state index contributed by atoms with van der Waals surface area (Å²) in [7, 11) is 0. The summed E-state index contributed by atoms with van der Waals surface area (Å²) in [5.74, 6) is -0.933. The molecule has 6 nitrogen and oxygen atoms in total. The molecule has 0 aromatic heterocycles. The summed E-state index contributed by atoms with van der Waals surface area (Å²) in [4.78, 5) is 38.4. The third kappa shape index (κ3) is 63.3. The molecule has 0 amide bonds. The van der Waals surface area contributed by atoms with E-state index >= 15 is 0 Å². The number of rotatable bonds is 60. The van der Waals surface area contributed by atoms with E-state index in [0.717, 1.165) is 89.9 Å².